The minimum atomic E-state index is -0.179. The van der Waals surface area contributed by atoms with Crippen LogP contribution < -0.4 is 5.32 Å². The Kier molecular flexibility index (Phi) is 4.06. The van der Waals surface area contributed by atoms with Gasteiger partial charge in [0.2, 0.25) is 0 Å². The van der Waals surface area contributed by atoms with Crippen molar-refractivity contribution in [2.24, 2.45) is 5.41 Å². The van der Waals surface area contributed by atoms with Crippen molar-refractivity contribution in [3.63, 3.8) is 0 Å². The van der Waals surface area contributed by atoms with E-state index in [0.29, 0.717) is 25.2 Å². The van der Waals surface area contributed by atoms with Gasteiger partial charge in [0.05, 0.1) is 25.2 Å². The molecule has 3 rings (SSSR count). The number of aliphatic hydroxyl groups excluding tert-OH is 1. The third kappa shape index (κ3) is 2.73. The van der Waals surface area contributed by atoms with Crippen LogP contribution in [0.5, 0.6) is 0 Å². The molecule has 1 heterocycles. The lowest BCUT2D eigenvalue weighted by Crippen LogP contribution is -2.54. The minimum Gasteiger partial charge on any atom is -0.396 e. The van der Waals surface area contributed by atoms with Crippen LogP contribution in [0, 0.1) is 11.2 Å². The molecule has 4 heteroatoms. The molecule has 0 bridgehead atoms. The Morgan fingerprint density at radius 2 is 2.00 bits per heavy atom. The van der Waals surface area contributed by atoms with Crippen LogP contribution in [-0.4, -0.2) is 37.5 Å². The third-order valence-corrected chi connectivity index (χ3v) is 4.71. The van der Waals surface area contributed by atoms with Crippen molar-refractivity contribution in [2.75, 3.05) is 26.4 Å². The van der Waals surface area contributed by atoms with Gasteiger partial charge in [0.25, 0.3) is 0 Å². The van der Waals surface area contributed by atoms with E-state index in [1.54, 1.807) is 12.1 Å². The molecule has 1 aromatic carbocycles. The van der Waals surface area contributed by atoms with E-state index in [9.17, 15) is 9.50 Å². The Hall–Kier alpha value is -0.970. The minimum absolute atomic E-state index is 0.0874. The Balaban J connectivity index is 1.62. The summed E-state index contributed by atoms with van der Waals surface area (Å²) in [6.07, 6.45) is 3.48. The summed E-state index contributed by atoms with van der Waals surface area (Å²) in [6.45, 7) is 2.26. The molecule has 110 valence electrons. The van der Waals surface area contributed by atoms with Gasteiger partial charge in [0.15, 0.2) is 0 Å². The maximum atomic E-state index is 13.0. The molecule has 20 heavy (non-hydrogen) atoms. The van der Waals surface area contributed by atoms with Crippen LogP contribution in [0.4, 0.5) is 4.39 Å². The Labute approximate surface area is 119 Å². The van der Waals surface area contributed by atoms with Gasteiger partial charge in [0.1, 0.15) is 5.82 Å². The Bertz CT molecular complexity index is 439. The normalized spacial score (nSPS) is 28.3. The second-order valence-electron chi connectivity index (χ2n) is 6.23. The molecule has 1 aliphatic carbocycles. The van der Waals surface area contributed by atoms with Gasteiger partial charge in [-0.3, -0.25) is 0 Å². The predicted molar refractivity (Wildman–Crippen MR) is 75.1 cm³/mol. The molecule has 2 aliphatic rings. The van der Waals surface area contributed by atoms with E-state index in [-0.39, 0.29) is 17.8 Å². The summed E-state index contributed by atoms with van der Waals surface area (Å²) in [5.41, 5.74) is 1.12. The van der Waals surface area contributed by atoms with Crippen LogP contribution >= 0.6 is 0 Å². The highest BCUT2D eigenvalue weighted by molar-refractivity contribution is 5.23. The summed E-state index contributed by atoms with van der Waals surface area (Å²) in [4.78, 5) is 0. The number of nitrogens with one attached hydrogen (secondary N) is 1. The largest absolute Gasteiger partial charge is 0.396 e. The Morgan fingerprint density at radius 3 is 2.60 bits per heavy atom. The maximum Gasteiger partial charge on any atom is 0.123 e. The first-order chi connectivity index (χ1) is 9.72. The van der Waals surface area contributed by atoms with Crippen LogP contribution in [0.25, 0.3) is 0 Å². The molecule has 2 unspecified atom stereocenters. The number of rotatable bonds is 5. The molecular weight excluding hydrogens is 257 g/mol. The molecule has 1 aliphatic heterocycles. The highest BCUT2D eigenvalue weighted by atomic mass is 19.1. The highest BCUT2D eigenvalue weighted by Crippen LogP contribution is 2.35. The van der Waals surface area contributed by atoms with Gasteiger partial charge in [-0.15, -0.1) is 0 Å². The van der Waals surface area contributed by atoms with Crippen LogP contribution in [0.2, 0.25) is 0 Å². The number of ether oxygens (including phenoxy) is 1. The van der Waals surface area contributed by atoms with Crippen molar-refractivity contribution >= 4 is 0 Å². The number of hydrogen-bond acceptors (Lipinski definition) is 3. The van der Waals surface area contributed by atoms with E-state index < -0.39 is 0 Å². The van der Waals surface area contributed by atoms with Gasteiger partial charge >= 0.3 is 0 Å². The first-order valence-corrected chi connectivity index (χ1v) is 7.40. The van der Waals surface area contributed by atoms with E-state index >= 15 is 0 Å². The first kappa shape index (κ1) is 14.0. The second-order valence-corrected chi connectivity index (χ2v) is 6.23. The van der Waals surface area contributed by atoms with Crippen molar-refractivity contribution in [3.05, 3.63) is 35.6 Å². The molecule has 1 saturated heterocycles. The first-order valence-electron chi connectivity index (χ1n) is 7.40. The average Bonchev–Trinajstić information content (AvgIpc) is 2.87. The van der Waals surface area contributed by atoms with E-state index in [0.717, 1.165) is 19.4 Å². The van der Waals surface area contributed by atoms with Crippen molar-refractivity contribution < 1.29 is 14.2 Å². The molecular formula is C16H22FNO2. The Morgan fingerprint density at radius 1 is 1.25 bits per heavy atom. The van der Waals surface area contributed by atoms with E-state index in [1.807, 2.05) is 12.1 Å². The molecule has 2 atom stereocenters. The fraction of sp³-hybridized carbons (Fsp3) is 0.625. The van der Waals surface area contributed by atoms with Crippen LogP contribution in [0.1, 0.15) is 30.7 Å². The second kappa shape index (κ2) is 5.80. The molecule has 0 aromatic heterocycles. The lowest BCUT2D eigenvalue weighted by Gasteiger charge is -2.41. The van der Waals surface area contributed by atoms with E-state index in [4.69, 9.17) is 4.74 Å². The topological polar surface area (TPSA) is 41.5 Å². The lowest BCUT2D eigenvalue weighted by atomic mass is 9.86. The van der Waals surface area contributed by atoms with Gasteiger partial charge in [-0.2, -0.15) is 0 Å². The standard InChI is InChI=1S/C16H22FNO2/c17-13-6-4-12(5-7-13)14-2-1-3-15(14)18-8-16(9-19)10-20-11-16/h4-7,14-15,18-19H,1-3,8-11H2. The monoisotopic (exact) mass is 279 g/mol. The number of hydrogen-bond donors (Lipinski definition) is 2. The quantitative estimate of drug-likeness (QED) is 0.867. The van der Waals surface area contributed by atoms with Crippen molar-refractivity contribution in [3.8, 4) is 0 Å². The van der Waals surface area contributed by atoms with Crippen LogP contribution in [0.15, 0.2) is 24.3 Å². The summed E-state index contributed by atoms with van der Waals surface area (Å²) >= 11 is 0. The van der Waals surface area contributed by atoms with Crippen molar-refractivity contribution in [2.45, 2.75) is 31.2 Å². The number of aliphatic hydroxyl groups is 1. The number of benzene rings is 1. The molecule has 2 N–H and O–H groups in total. The van der Waals surface area contributed by atoms with Gasteiger partial charge < -0.3 is 15.2 Å². The van der Waals surface area contributed by atoms with Crippen molar-refractivity contribution in [1.29, 1.82) is 0 Å². The fourth-order valence-electron chi connectivity index (χ4n) is 3.30. The van der Waals surface area contributed by atoms with E-state index in [1.165, 1.54) is 12.0 Å². The summed E-state index contributed by atoms with van der Waals surface area (Å²) in [5, 5.41) is 13.1. The zero-order valence-corrected chi connectivity index (χ0v) is 11.6. The molecule has 1 aromatic rings. The lowest BCUT2D eigenvalue weighted by molar-refractivity contribution is -0.135. The van der Waals surface area contributed by atoms with Crippen LogP contribution in [0.3, 0.4) is 0 Å². The zero-order valence-electron chi connectivity index (χ0n) is 11.6. The van der Waals surface area contributed by atoms with Crippen LogP contribution in [-0.2, 0) is 4.74 Å². The maximum absolute atomic E-state index is 13.0. The molecule has 0 spiro atoms. The fourth-order valence-corrected chi connectivity index (χ4v) is 3.30. The summed E-state index contributed by atoms with van der Waals surface area (Å²) < 4.78 is 18.2. The molecule has 0 amide bonds. The molecule has 3 nitrogen and oxygen atoms in total. The summed E-state index contributed by atoms with van der Waals surface area (Å²) in [6, 6.07) is 7.30. The molecule has 1 saturated carbocycles. The van der Waals surface area contributed by atoms with Gasteiger partial charge in [-0.1, -0.05) is 18.6 Å². The highest BCUT2D eigenvalue weighted by Gasteiger charge is 2.39. The summed E-state index contributed by atoms with van der Waals surface area (Å²) in [5.74, 6) is 0.273. The van der Waals surface area contributed by atoms with Gasteiger partial charge in [-0.25, -0.2) is 4.39 Å². The SMILES string of the molecule is OCC1(CNC2CCCC2c2ccc(F)cc2)COC1. The molecule has 0 radical (unpaired) electrons. The van der Waals surface area contributed by atoms with E-state index in [2.05, 4.69) is 5.32 Å². The number of halogens is 1. The van der Waals surface area contributed by atoms with Crippen molar-refractivity contribution in [1.82, 2.24) is 5.32 Å². The van der Waals surface area contributed by atoms with Gasteiger partial charge in [0, 0.05) is 12.6 Å². The average molecular weight is 279 g/mol. The van der Waals surface area contributed by atoms with Gasteiger partial charge in [-0.05, 0) is 36.5 Å². The summed E-state index contributed by atoms with van der Waals surface area (Å²) in [7, 11) is 0. The predicted octanol–water partition coefficient (Wildman–Crippen LogP) is 2.06. The molecule has 2 fully saturated rings. The smallest absolute Gasteiger partial charge is 0.123 e. The third-order valence-electron chi connectivity index (χ3n) is 4.71. The zero-order chi connectivity index (χ0) is 14.0.